The number of hydrogen-bond donors (Lipinski definition) is 0. The molecule has 0 aromatic carbocycles. The van der Waals surface area contributed by atoms with Gasteiger partial charge in [0.25, 0.3) is 0 Å². The van der Waals surface area contributed by atoms with Crippen LogP contribution in [0.3, 0.4) is 0 Å². The fraction of sp³-hybridized carbons (Fsp3) is 0.800. The molecule has 0 bridgehead atoms. The molecule has 0 saturated carbocycles. The van der Waals surface area contributed by atoms with Crippen molar-refractivity contribution in [1.82, 2.24) is 0 Å². The Morgan fingerprint density at radius 2 is 2.00 bits per heavy atom. The van der Waals surface area contributed by atoms with Crippen LogP contribution in [-0.4, -0.2) is 31.5 Å². The fourth-order valence-electron chi connectivity index (χ4n) is 0.767. The summed E-state index contributed by atoms with van der Waals surface area (Å²) in [5.41, 5.74) is 0.303. The molecule has 0 spiro atoms. The summed E-state index contributed by atoms with van der Waals surface area (Å²) in [5.74, 6) is 0. The molecule has 5 heteroatoms. The molecule has 10 heavy (non-hydrogen) atoms. The van der Waals surface area contributed by atoms with Gasteiger partial charge in [0.1, 0.15) is 0 Å². The molecule has 0 aliphatic carbocycles. The molecular weight excluding hydrogens is 135 g/mol. The second-order valence-electron chi connectivity index (χ2n) is 3.45. The van der Waals surface area contributed by atoms with E-state index in [1.807, 2.05) is 0 Å². The van der Waals surface area contributed by atoms with Crippen LogP contribution < -0.4 is 0 Å². The van der Waals surface area contributed by atoms with Crippen molar-refractivity contribution < 1.29 is 0 Å². The van der Waals surface area contributed by atoms with Gasteiger partial charge in [0.2, 0.25) is 0 Å². The summed E-state index contributed by atoms with van der Waals surface area (Å²) in [6.45, 7) is 13.2. The maximum absolute atomic E-state index is 2.23. The van der Waals surface area contributed by atoms with Crippen molar-refractivity contribution in [3.05, 3.63) is 0 Å². The zero-order valence-electron chi connectivity index (χ0n) is 6.72. The van der Waals surface area contributed by atoms with Gasteiger partial charge in [0.05, 0.1) is 0 Å². The van der Waals surface area contributed by atoms with E-state index >= 15 is 0 Å². The third kappa shape index (κ3) is 2.26. The van der Waals surface area contributed by atoms with Crippen molar-refractivity contribution in [2.24, 2.45) is 5.41 Å². The van der Waals surface area contributed by atoms with Crippen LogP contribution in [0.2, 0.25) is 0 Å². The van der Waals surface area contributed by atoms with Crippen molar-refractivity contribution in [3.63, 3.8) is 0 Å². The van der Waals surface area contributed by atoms with Crippen LogP contribution in [0.4, 0.5) is 0 Å². The predicted octanol–water partition coefficient (Wildman–Crippen LogP) is 0.386. The maximum atomic E-state index is 2.23. The van der Waals surface area contributed by atoms with E-state index in [1.54, 1.807) is 11.5 Å². The first-order valence-corrected chi connectivity index (χ1v) is 4.41. The summed E-state index contributed by atoms with van der Waals surface area (Å²) >= 11 is 1.76. The van der Waals surface area contributed by atoms with Gasteiger partial charge in [-0.1, -0.05) is 0 Å². The van der Waals surface area contributed by atoms with Crippen LogP contribution in [0, 0.1) is 5.41 Å². The monoisotopic (exact) mass is 145 g/mol. The second kappa shape index (κ2) is 3.25. The van der Waals surface area contributed by atoms with Gasteiger partial charge in [-0.25, -0.2) is 0 Å². The van der Waals surface area contributed by atoms with Crippen LogP contribution in [0.25, 0.3) is 0 Å². The SMILES string of the molecule is CC(C)(C)C1=BB=BS[B]1. The topological polar surface area (TPSA) is 0 Å². The first-order chi connectivity index (χ1) is 4.61. The van der Waals surface area contributed by atoms with E-state index in [9.17, 15) is 0 Å². The molecule has 1 radical (unpaired) electrons. The first kappa shape index (κ1) is 8.58. The molecule has 1 aliphatic heterocycles. The van der Waals surface area contributed by atoms with Gasteiger partial charge in [-0.3, -0.25) is 0 Å². The minimum atomic E-state index is 0.303. The standard InChI is InChI=1S/C5H9B4S/c1-5(2,3)4-6-8-9-10-7-4/h1-3H3. The third-order valence-corrected chi connectivity index (χ3v) is 2.20. The summed E-state index contributed by atoms with van der Waals surface area (Å²) in [6.07, 6.45) is 2.09. The van der Waals surface area contributed by atoms with Gasteiger partial charge < -0.3 is 0 Å². The molecule has 47 valence electrons. The first-order valence-electron chi connectivity index (χ1n) is 3.47. The Morgan fingerprint density at radius 3 is 2.30 bits per heavy atom. The Kier molecular flexibility index (Phi) is 2.79. The van der Waals surface area contributed by atoms with Crippen LogP contribution in [-0.2, 0) is 0 Å². The molecule has 0 N–H and O–H groups in total. The fourth-order valence-corrected chi connectivity index (χ4v) is 1.59. The summed E-state index contributed by atoms with van der Waals surface area (Å²) in [6, 6.07) is 0. The molecule has 0 unspecified atom stereocenters. The molecule has 1 heterocycles. The van der Waals surface area contributed by atoms with Gasteiger partial charge in [0, 0.05) is 0 Å². The summed E-state index contributed by atoms with van der Waals surface area (Å²) in [4.78, 5) is 0. The van der Waals surface area contributed by atoms with E-state index in [0.717, 1.165) is 0 Å². The van der Waals surface area contributed by atoms with Gasteiger partial charge in [-0.15, -0.1) is 0 Å². The minimum absolute atomic E-state index is 0.303. The quantitative estimate of drug-likeness (QED) is 0.443. The molecule has 0 atom stereocenters. The van der Waals surface area contributed by atoms with Crippen LogP contribution in [0.1, 0.15) is 20.8 Å². The summed E-state index contributed by atoms with van der Waals surface area (Å²) in [7, 11) is 0. The van der Waals surface area contributed by atoms with Crippen molar-refractivity contribution in [2.45, 2.75) is 20.8 Å². The predicted molar refractivity (Wildman–Crippen MR) is 55.1 cm³/mol. The van der Waals surface area contributed by atoms with E-state index in [-0.39, 0.29) is 0 Å². The third-order valence-electron chi connectivity index (χ3n) is 1.49. The van der Waals surface area contributed by atoms with E-state index < -0.39 is 0 Å². The summed E-state index contributed by atoms with van der Waals surface area (Å²) < 4.78 is 0. The molecule has 0 amide bonds. The molecule has 1 rings (SSSR count). The van der Waals surface area contributed by atoms with E-state index in [2.05, 4.69) is 46.9 Å². The Bertz CT molecular complexity index is 179. The van der Waals surface area contributed by atoms with Crippen LogP contribution >= 0.6 is 11.5 Å². The Morgan fingerprint density at radius 1 is 1.30 bits per heavy atom. The van der Waals surface area contributed by atoms with E-state index in [0.29, 0.717) is 5.41 Å². The van der Waals surface area contributed by atoms with Crippen LogP contribution in [0.5, 0.6) is 0 Å². The zero-order valence-corrected chi connectivity index (χ0v) is 7.53. The molecule has 0 nitrogen and oxygen atoms in total. The van der Waals surface area contributed by atoms with Crippen molar-refractivity contribution >= 4 is 43.0 Å². The average Bonchev–Trinajstić information content (AvgIpc) is 1.88. The van der Waals surface area contributed by atoms with E-state index in [1.165, 1.54) is 5.36 Å². The molecule has 0 fully saturated rings. The van der Waals surface area contributed by atoms with Gasteiger partial charge in [0.15, 0.2) is 0 Å². The second-order valence-corrected chi connectivity index (χ2v) is 4.23. The van der Waals surface area contributed by atoms with Crippen LogP contribution in [0.15, 0.2) is 0 Å². The van der Waals surface area contributed by atoms with Crippen molar-refractivity contribution in [2.75, 3.05) is 0 Å². The van der Waals surface area contributed by atoms with Gasteiger partial charge >= 0.3 is 69.2 Å². The van der Waals surface area contributed by atoms with Gasteiger partial charge in [-0.2, -0.15) is 0 Å². The Hall–Kier alpha value is 0.480. The van der Waals surface area contributed by atoms with Crippen molar-refractivity contribution in [3.8, 4) is 0 Å². The molecular formula is C5H9B4S. The van der Waals surface area contributed by atoms with Crippen molar-refractivity contribution in [1.29, 1.82) is 0 Å². The Labute approximate surface area is 69.6 Å². The molecule has 0 aromatic heterocycles. The van der Waals surface area contributed by atoms with Gasteiger partial charge in [-0.05, 0) is 0 Å². The Balaban J connectivity index is 2.72. The summed E-state index contributed by atoms with van der Waals surface area (Å²) in [5, 5.41) is 1.42. The molecule has 0 aromatic rings. The zero-order chi connectivity index (χ0) is 7.61. The average molecular weight is 144 g/mol. The number of rotatable bonds is 0. The molecule has 0 saturated heterocycles. The normalized spacial score (nSPS) is 15.7. The van der Waals surface area contributed by atoms with E-state index in [4.69, 9.17) is 0 Å². The molecule has 1 aliphatic rings. The number of hydrogen-bond acceptors (Lipinski definition) is 1.